The second-order valence-electron chi connectivity index (χ2n) is 2.92. The summed E-state index contributed by atoms with van der Waals surface area (Å²) in [5, 5.41) is 0. The van der Waals surface area contributed by atoms with E-state index in [1.54, 1.807) is 25.4 Å². The van der Waals surface area contributed by atoms with Crippen LogP contribution in [0.25, 0.3) is 0 Å². The third-order valence-electron chi connectivity index (χ3n) is 1.76. The highest BCUT2D eigenvalue weighted by atomic mass is 16.6. The van der Waals surface area contributed by atoms with Crippen LogP contribution in [0.15, 0.2) is 18.5 Å². The van der Waals surface area contributed by atoms with Gasteiger partial charge < -0.3 is 4.74 Å². The van der Waals surface area contributed by atoms with Gasteiger partial charge in [0.1, 0.15) is 5.82 Å². The maximum atomic E-state index is 11.5. The normalized spacial score (nSPS) is 9.25. The minimum absolute atomic E-state index is 0.178. The molecule has 5 heteroatoms. The van der Waals surface area contributed by atoms with Crippen LogP contribution < -0.4 is 0 Å². The number of amides is 1. The van der Waals surface area contributed by atoms with Crippen LogP contribution in [0, 0.1) is 12.3 Å². The molecule has 1 amide bonds. The van der Waals surface area contributed by atoms with Crippen LogP contribution in [-0.2, 0) is 11.3 Å². The van der Waals surface area contributed by atoms with Crippen LogP contribution in [0.4, 0.5) is 4.79 Å². The number of carbonyl (C=O) groups excluding carboxylic acids is 1. The van der Waals surface area contributed by atoms with Crippen LogP contribution in [0.3, 0.4) is 0 Å². The third kappa shape index (κ3) is 3.58. The van der Waals surface area contributed by atoms with Crippen LogP contribution >= 0.6 is 0 Å². The second-order valence-corrected chi connectivity index (χ2v) is 2.92. The predicted octanol–water partition coefficient (Wildman–Crippen LogP) is 1.07. The van der Waals surface area contributed by atoms with Crippen molar-refractivity contribution in [1.82, 2.24) is 14.9 Å². The number of nitrogens with zero attached hydrogens (tertiary/aromatic N) is 3. The first-order valence-corrected chi connectivity index (χ1v) is 4.89. The lowest BCUT2D eigenvalue weighted by atomic mass is 10.4. The van der Waals surface area contributed by atoms with E-state index in [0.717, 1.165) is 0 Å². The Kier molecular flexibility index (Phi) is 4.80. The fraction of sp³-hybridized carbons (Fsp3) is 0.364. The van der Waals surface area contributed by atoms with Crippen LogP contribution in [0.1, 0.15) is 12.7 Å². The molecule has 0 aliphatic carbocycles. The maximum Gasteiger partial charge on any atom is 0.410 e. The van der Waals surface area contributed by atoms with E-state index in [-0.39, 0.29) is 13.1 Å². The van der Waals surface area contributed by atoms with Gasteiger partial charge in [0.2, 0.25) is 0 Å². The number of hydrogen-bond acceptors (Lipinski definition) is 4. The Labute approximate surface area is 94.5 Å². The van der Waals surface area contributed by atoms with Crippen molar-refractivity contribution in [2.45, 2.75) is 13.5 Å². The average molecular weight is 219 g/mol. The number of terminal acetylenes is 1. The SMILES string of the molecule is C#CCN(Cc1ncccn1)C(=O)OCC. The molecule has 0 atom stereocenters. The molecule has 1 aromatic rings. The van der Waals surface area contributed by atoms with Crippen molar-refractivity contribution >= 4 is 6.09 Å². The first-order chi connectivity index (χ1) is 7.77. The van der Waals surface area contributed by atoms with E-state index in [2.05, 4.69) is 15.9 Å². The Morgan fingerprint density at radius 3 is 2.81 bits per heavy atom. The third-order valence-corrected chi connectivity index (χ3v) is 1.76. The highest BCUT2D eigenvalue weighted by Gasteiger charge is 2.14. The molecule has 0 aromatic carbocycles. The van der Waals surface area contributed by atoms with Crippen molar-refractivity contribution < 1.29 is 9.53 Å². The standard InChI is InChI=1S/C11H13N3O2/c1-3-8-14(11(15)16-4-2)9-10-12-6-5-7-13-10/h1,5-7H,4,8-9H2,2H3. The van der Waals surface area contributed by atoms with Gasteiger partial charge in [0.25, 0.3) is 0 Å². The van der Waals surface area contributed by atoms with E-state index < -0.39 is 6.09 Å². The Balaban J connectivity index is 2.65. The van der Waals surface area contributed by atoms with Crippen LogP contribution in [0.5, 0.6) is 0 Å². The lowest BCUT2D eigenvalue weighted by Crippen LogP contribution is -2.32. The summed E-state index contributed by atoms with van der Waals surface area (Å²) in [5.74, 6) is 2.93. The van der Waals surface area contributed by atoms with Crippen LogP contribution in [-0.4, -0.2) is 34.1 Å². The highest BCUT2D eigenvalue weighted by Crippen LogP contribution is 2.00. The molecule has 0 spiro atoms. The van der Waals surface area contributed by atoms with E-state index in [1.165, 1.54) is 4.90 Å². The minimum atomic E-state index is -0.451. The molecule has 5 nitrogen and oxygen atoms in total. The molecule has 0 radical (unpaired) electrons. The zero-order chi connectivity index (χ0) is 11.8. The summed E-state index contributed by atoms with van der Waals surface area (Å²) in [6.45, 7) is 2.49. The summed E-state index contributed by atoms with van der Waals surface area (Å²) < 4.78 is 4.86. The van der Waals surface area contributed by atoms with Crippen molar-refractivity contribution in [3.8, 4) is 12.3 Å². The Morgan fingerprint density at radius 2 is 2.25 bits per heavy atom. The lowest BCUT2D eigenvalue weighted by molar-refractivity contribution is 0.109. The van der Waals surface area contributed by atoms with Crippen molar-refractivity contribution in [1.29, 1.82) is 0 Å². The van der Waals surface area contributed by atoms with Gasteiger partial charge in [-0.05, 0) is 13.0 Å². The number of rotatable bonds is 4. The predicted molar refractivity (Wildman–Crippen MR) is 58.3 cm³/mol. The first kappa shape index (κ1) is 12.0. The number of aromatic nitrogens is 2. The van der Waals surface area contributed by atoms with Gasteiger partial charge >= 0.3 is 6.09 Å². The summed E-state index contributed by atoms with van der Waals surface area (Å²) in [4.78, 5) is 20.9. The number of carbonyl (C=O) groups is 1. The van der Waals surface area contributed by atoms with E-state index in [0.29, 0.717) is 12.4 Å². The monoisotopic (exact) mass is 219 g/mol. The van der Waals surface area contributed by atoms with Gasteiger partial charge in [0, 0.05) is 12.4 Å². The summed E-state index contributed by atoms with van der Waals surface area (Å²) in [5.41, 5.74) is 0. The summed E-state index contributed by atoms with van der Waals surface area (Å²) in [6, 6.07) is 1.71. The zero-order valence-electron chi connectivity index (χ0n) is 9.09. The molecule has 0 N–H and O–H groups in total. The molecule has 0 saturated heterocycles. The molecule has 0 fully saturated rings. The Morgan fingerprint density at radius 1 is 1.56 bits per heavy atom. The molecule has 0 unspecified atom stereocenters. The molecule has 0 aliphatic rings. The maximum absolute atomic E-state index is 11.5. The highest BCUT2D eigenvalue weighted by molar-refractivity contribution is 5.67. The van der Waals surface area contributed by atoms with Gasteiger partial charge in [-0.1, -0.05) is 5.92 Å². The summed E-state index contributed by atoms with van der Waals surface area (Å²) in [7, 11) is 0. The van der Waals surface area contributed by atoms with Crippen molar-refractivity contribution in [2.24, 2.45) is 0 Å². The van der Waals surface area contributed by atoms with Gasteiger partial charge in [-0.3, -0.25) is 4.90 Å². The number of hydrogen-bond donors (Lipinski definition) is 0. The lowest BCUT2D eigenvalue weighted by Gasteiger charge is -2.18. The van der Waals surface area contributed by atoms with Crippen molar-refractivity contribution in [2.75, 3.05) is 13.2 Å². The van der Waals surface area contributed by atoms with Crippen LogP contribution in [0.2, 0.25) is 0 Å². The molecular formula is C11H13N3O2. The van der Waals surface area contributed by atoms with Gasteiger partial charge in [0.15, 0.2) is 0 Å². The van der Waals surface area contributed by atoms with E-state index in [1.807, 2.05) is 0 Å². The molecule has 0 aliphatic heterocycles. The van der Waals surface area contributed by atoms with Gasteiger partial charge in [-0.25, -0.2) is 14.8 Å². The fourth-order valence-electron chi connectivity index (χ4n) is 1.09. The topological polar surface area (TPSA) is 55.3 Å². The molecule has 0 saturated carbocycles. The van der Waals surface area contributed by atoms with Crippen molar-refractivity contribution in [3.05, 3.63) is 24.3 Å². The van der Waals surface area contributed by atoms with E-state index in [4.69, 9.17) is 11.2 Å². The van der Waals surface area contributed by atoms with Gasteiger partial charge in [-0.2, -0.15) is 0 Å². The summed E-state index contributed by atoms with van der Waals surface area (Å²) in [6.07, 6.45) is 7.95. The smallest absolute Gasteiger partial charge is 0.410 e. The molecular weight excluding hydrogens is 206 g/mol. The molecule has 16 heavy (non-hydrogen) atoms. The molecule has 1 aromatic heterocycles. The second kappa shape index (κ2) is 6.40. The molecule has 1 rings (SSSR count). The Hall–Kier alpha value is -2.09. The largest absolute Gasteiger partial charge is 0.450 e. The molecule has 1 heterocycles. The van der Waals surface area contributed by atoms with E-state index >= 15 is 0 Å². The average Bonchev–Trinajstić information content (AvgIpc) is 2.30. The zero-order valence-corrected chi connectivity index (χ0v) is 9.09. The van der Waals surface area contributed by atoms with Crippen molar-refractivity contribution in [3.63, 3.8) is 0 Å². The molecule has 84 valence electrons. The molecule has 0 bridgehead atoms. The first-order valence-electron chi connectivity index (χ1n) is 4.89. The quantitative estimate of drug-likeness (QED) is 0.711. The van der Waals surface area contributed by atoms with Gasteiger partial charge in [0.05, 0.1) is 19.7 Å². The minimum Gasteiger partial charge on any atom is -0.450 e. The Bertz CT molecular complexity index is 373. The van der Waals surface area contributed by atoms with E-state index in [9.17, 15) is 4.79 Å². The summed E-state index contributed by atoms with van der Waals surface area (Å²) >= 11 is 0. The number of ether oxygens (including phenoxy) is 1. The fourth-order valence-corrected chi connectivity index (χ4v) is 1.09. The van der Waals surface area contributed by atoms with Gasteiger partial charge in [-0.15, -0.1) is 6.42 Å².